The first-order valence-corrected chi connectivity index (χ1v) is 49.3. The van der Waals surface area contributed by atoms with Gasteiger partial charge in [0.25, 0.3) is 0 Å². The number of rotatable bonds is 8. The van der Waals surface area contributed by atoms with Gasteiger partial charge in [-0.25, -0.2) is 0 Å². The lowest BCUT2D eigenvalue weighted by Gasteiger charge is -2.31. The van der Waals surface area contributed by atoms with E-state index < -0.39 is 10.8 Å². The highest BCUT2D eigenvalue weighted by atomic mass is 15.0. The van der Waals surface area contributed by atoms with Gasteiger partial charge in [-0.15, -0.1) is 0 Å². The fourth-order valence-electron chi connectivity index (χ4n) is 27.3. The van der Waals surface area contributed by atoms with Crippen molar-refractivity contribution in [3.05, 3.63) is 535 Å². The van der Waals surface area contributed by atoms with E-state index >= 15 is 0 Å². The summed E-state index contributed by atoms with van der Waals surface area (Å²) in [6, 6.07) is 184. The molecule has 31 rings (SSSR count). The Labute approximate surface area is 810 Å². The molecule has 0 bridgehead atoms. The minimum Gasteiger partial charge on any atom is -0.309 e. The van der Waals surface area contributed by atoms with Gasteiger partial charge in [0, 0.05) is 21.9 Å². The Morgan fingerprint density at radius 1 is 0.150 bits per heavy atom. The van der Waals surface area contributed by atoms with Crippen molar-refractivity contribution in [3.8, 4) is 139 Å². The predicted octanol–water partition coefficient (Wildman–Crippen LogP) is 36.7. The van der Waals surface area contributed by atoms with Crippen molar-refractivity contribution in [1.29, 1.82) is 0 Å². The van der Waals surface area contributed by atoms with Crippen LogP contribution in [0.5, 0.6) is 0 Å². The summed E-state index contributed by atoms with van der Waals surface area (Å²) in [6.07, 6.45) is 0. The maximum Gasteiger partial charge on any atom is 0.0731 e. The van der Waals surface area contributed by atoms with Gasteiger partial charge < -0.3 is 4.57 Å². The molecule has 0 saturated heterocycles. The third kappa shape index (κ3) is 10.4. The summed E-state index contributed by atoms with van der Waals surface area (Å²) in [6.45, 7) is 4.77. The van der Waals surface area contributed by atoms with E-state index in [1.54, 1.807) is 0 Å². The zero-order valence-electron chi connectivity index (χ0n) is 77.1. The van der Waals surface area contributed by atoms with E-state index in [4.69, 9.17) is 0 Å². The molecule has 0 radical (unpaired) electrons. The highest BCUT2D eigenvalue weighted by Crippen LogP contribution is 2.69. The molecular weight excluding hydrogens is 1680 g/mol. The molecule has 5 aliphatic rings. The molecule has 0 aliphatic heterocycles. The summed E-state index contributed by atoms with van der Waals surface area (Å²) >= 11 is 0. The smallest absolute Gasteiger partial charge is 0.0731 e. The molecule has 0 N–H and O–H groups in total. The van der Waals surface area contributed by atoms with Crippen LogP contribution in [0.25, 0.3) is 247 Å². The fourth-order valence-corrected chi connectivity index (χ4v) is 27.3. The van der Waals surface area contributed by atoms with Crippen molar-refractivity contribution in [1.82, 2.24) is 4.57 Å². The summed E-state index contributed by atoms with van der Waals surface area (Å²) < 4.78 is 2.40. The van der Waals surface area contributed by atoms with Gasteiger partial charge in [-0.05, 0) is 336 Å². The average molecular weight is 1770 g/mol. The van der Waals surface area contributed by atoms with Crippen molar-refractivity contribution >= 4 is 108 Å². The highest BCUT2D eigenvalue weighted by molar-refractivity contribution is 6.25. The van der Waals surface area contributed by atoms with Gasteiger partial charge in [-0.1, -0.05) is 432 Å². The van der Waals surface area contributed by atoms with Crippen LogP contribution in [0.4, 0.5) is 0 Å². The molecule has 1 aromatic heterocycles. The Balaban J connectivity index is 0.512. The van der Waals surface area contributed by atoms with E-state index in [2.05, 4.69) is 498 Å². The maximum absolute atomic E-state index is 2.54. The lowest BCUT2D eigenvalue weighted by Crippen LogP contribution is -2.26. The van der Waals surface area contributed by atoms with Crippen LogP contribution < -0.4 is 0 Å². The van der Waals surface area contributed by atoms with Crippen LogP contribution >= 0.6 is 0 Å². The van der Waals surface area contributed by atoms with Crippen LogP contribution in [0.1, 0.15) is 69.5 Å². The van der Waals surface area contributed by atoms with Gasteiger partial charge >= 0.3 is 0 Å². The van der Waals surface area contributed by atoms with E-state index in [0.717, 1.165) is 5.69 Å². The monoisotopic (exact) mass is 1770 g/mol. The SMILES string of the molecule is CC1(C)c2ccccc2-c2ccc(-c3c4ccccc4c(-c4ccc(-c5ccc6c7c(ccc6c5)-c5c(ccc6ccc(-c8ccc9c(c8)-c8ccccc8C98c9ccc%10ccccc%10c9-c9ccc%10cc(-c%11ccc(-c%12c%13ccccc%13c(-c%13ccc%14c(c%13)c%13ccccc%13n%14-c%13ccccc%13)c%13ccccc%12%13)cc%11)ccc%10c98)cc56)C75c6ccccc6-c6ccccc65)cc4)c4ccccc34)cc21. The molecule has 140 heavy (non-hydrogen) atoms. The Bertz CT molecular complexity index is 9870. The molecule has 5 aliphatic carbocycles. The highest BCUT2D eigenvalue weighted by Gasteiger charge is 2.55. The third-order valence-corrected chi connectivity index (χ3v) is 33.1. The van der Waals surface area contributed by atoms with E-state index in [1.807, 2.05) is 0 Å². The second-order valence-electron chi connectivity index (χ2n) is 40.1. The van der Waals surface area contributed by atoms with E-state index in [1.165, 1.54) is 297 Å². The van der Waals surface area contributed by atoms with Crippen LogP contribution in [-0.4, -0.2) is 4.57 Å². The number of fused-ring (bicyclic) bond motifs is 38. The van der Waals surface area contributed by atoms with Crippen molar-refractivity contribution < 1.29 is 0 Å². The minimum absolute atomic E-state index is 0.109. The lowest BCUT2D eigenvalue weighted by atomic mass is 9.69. The number of hydrogen-bond acceptors (Lipinski definition) is 0. The van der Waals surface area contributed by atoms with Gasteiger partial charge in [-0.2, -0.15) is 0 Å². The van der Waals surface area contributed by atoms with Crippen molar-refractivity contribution in [2.45, 2.75) is 30.1 Å². The average Bonchev–Trinajstić information content (AvgIpc) is 1.49. The third-order valence-electron chi connectivity index (χ3n) is 33.1. The molecule has 26 aromatic rings. The summed E-state index contributed by atoms with van der Waals surface area (Å²) in [7, 11) is 0. The van der Waals surface area contributed by atoms with E-state index in [-0.39, 0.29) is 5.41 Å². The van der Waals surface area contributed by atoms with Gasteiger partial charge in [-0.3, -0.25) is 0 Å². The minimum atomic E-state index is -0.626. The first-order valence-electron chi connectivity index (χ1n) is 49.3. The Morgan fingerprint density at radius 3 is 1.01 bits per heavy atom. The standard InChI is InChI=1S/C139H85N/c1-137(2)119-43-21-16-30-100(119)104-69-62-95(81-126(104)137)132-112-41-14-10-37-108(112)130(109-38-11-15-42-113(109)132)87-55-50-83(51-56-87)89-59-68-99-93(77-89)61-71-115-134-116-78-90(57-52-85(116)64-74-125(134)138(136(99)115)120-44-22-17-31-101(120)102-32-18-23-45-121(102)138)91-65-72-123-117(79-91)103-33-19-24-46-122(103)139(123)124-73-63-84-26-6-7-29-97(84)133(124)114-70-60-92-76-88(58-67-98(92)135(114)139)82-48-53-86(54-49-82)129-106-35-8-12-39-110(106)131(111-40-13-9-36-107(111)129)94-66-75-128-118(80-94)105-34-20-25-47-127(105)140(128)96-27-4-3-5-28-96/h3-81H,1-2H3. The number of benzene rings is 25. The summed E-state index contributed by atoms with van der Waals surface area (Å²) in [5, 5.41) is 22.5. The quantitative estimate of drug-likeness (QED) is 0.134. The zero-order chi connectivity index (χ0) is 91.7. The molecule has 25 aromatic carbocycles. The fraction of sp³-hybridized carbons (Fsp3) is 0.0360. The molecule has 1 heterocycles. The maximum atomic E-state index is 2.54. The summed E-state index contributed by atoms with van der Waals surface area (Å²) in [5.74, 6) is 0. The molecule has 0 fully saturated rings. The number of hydrogen-bond donors (Lipinski definition) is 0. The zero-order valence-corrected chi connectivity index (χ0v) is 77.1. The normalized spacial score (nSPS) is 14.5. The van der Waals surface area contributed by atoms with Crippen molar-refractivity contribution in [2.24, 2.45) is 0 Å². The molecule has 1 heteroatoms. The predicted molar refractivity (Wildman–Crippen MR) is 589 cm³/mol. The molecule has 1 atom stereocenters. The molecule has 2 spiro atoms. The van der Waals surface area contributed by atoms with Gasteiger partial charge in [0.05, 0.1) is 21.9 Å². The van der Waals surface area contributed by atoms with E-state index in [0.29, 0.717) is 0 Å². The van der Waals surface area contributed by atoms with Gasteiger partial charge in [0.1, 0.15) is 0 Å². The molecule has 0 saturated carbocycles. The van der Waals surface area contributed by atoms with Crippen LogP contribution in [0, 0.1) is 0 Å². The number of aromatic nitrogens is 1. The second kappa shape index (κ2) is 28.7. The van der Waals surface area contributed by atoms with E-state index in [9.17, 15) is 0 Å². The summed E-state index contributed by atoms with van der Waals surface area (Å²) in [4.78, 5) is 0. The molecule has 1 unspecified atom stereocenters. The largest absolute Gasteiger partial charge is 0.309 e. The summed E-state index contributed by atoms with van der Waals surface area (Å²) in [5.41, 5.74) is 45.8. The lowest BCUT2D eigenvalue weighted by molar-refractivity contribution is 0.660. The Morgan fingerprint density at radius 2 is 0.471 bits per heavy atom. The molecular formula is C139H85N. The molecule has 1 nitrogen and oxygen atoms in total. The van der Waals surface area contributed by atoms with Crippen molar-refractivity contribution in [2.75, 3.05) is 0 Å². The second-order valence-corrected chi connectivity index (χ2v) is 40.1. The molecule has 646 valence electrons. The van der Waals surface area contributed by atoms with Crippen LogP contribution in [0.2, 0.25) is 0 Å². The van der Waals surface area contributed by atoms with Crippen LogP contribution in [-0.2, 0) is 16.2 Å². The first-order chi connectivity index (χ1) is 69.2. The topological polar surface area (TPSA) is 4.93 Å². The van der Waals surface area contributed by atoms with Gasteiger partial charge in [0.15, 0.2) is 0 Å². The van der Waals surface area contributed by atoms with Crippen molar-refractivity contribution in [3.63, 3.8) is 0 Å². The Kier molecular flexibility index (Phi) is 15.9. The van der Waals surface area contributed by atoms with Crippen LogP contribution in [0.3, 0.4) is 0 Å². The van der Waals surface area contributed by atoms with Crippen LogP contribution in [0.15, 0.2) is 479 Å². The molecule has 0 amide bonds. The first kappa shape index (κ1) is 77.7. The van der Waals surface area contributed by atoms with Gasteiger partial charge in [0.2, 0.25) is 0 Å². The Hall–Kier alpha value is -17.6. The number of para-hydroxylation sites is 2. The number of nitrogens with zero attached hydrogens (tertiary/aromatic N) is 1.